The van der Waals surface area contributed by atoms with Gasteiger partial charge in [-0.15, -0.1) is 0 Å². The molecule has 3 aromatic rings. The molecule has 0 aliphatic carbocycles. The van der Waals surface area contributed by atoms with E-state index in [-0.39, 0.29) is 17.2 Å². The largest absolute Gasteiger partial charge is 0.476 e. The molecule has 1 aliphatic heterocycles. The standard InChI is InChI=1S/C26H30FN5O3/c1-5-35-25-22(32-8-10-34-11-9-32)12-18(15-28-25)21-14-20(7-6-17(21)2)30-24(33)19-13-23(26(3,4)27)31-29-16-19/h6-7,12-16H,5,8-11H2,1-4H3,(H,30,33). The normalized spacial score (nSPS) is 14.0. The van der Waals surface area contributed by atoms with E-state index in [9.17, 15) is 9.18 Å². The van der Waals surface area contributed by atoms with Gasteiger partial charge in [-0.1, -0.05) is 6.07 Å². The fraction of sp³-hybridized carbons (Fsp3) is 0.385. The summed E-state index contributed by atoms with van der Waals surface area (Å²) in [7, 11) is 0. The monoisotopic (exact) mass is 479 g/mol. The Kier molecular flexibility index (Phi) is 7.25. The van der Waals surface area contributed by atoms with Gasteiger partial charge in [0.15, 0.2) is 0 Å². The number of aromatic nitrogens is 3. The van der Waals surface area contributed by atoms with Crippen LogP contribution >= 0.6 is 0 Å². The first-order chi connectivity index (χ1) is 16.8. The second kappa shape index (κ2) is 10.4. The number of morpholine rings is 1. The van der Waals surface area contributed by atoms with Crippen molar-refractivity contribution in [2.24, 2.45) is 0 Å². The van der Waals surface area contributed by atoms with Crippen molar-refractivity contribution in [3.05, 3.63) is 59.5 Å². The number of rotatable bonds is 7. The van der Waals surface area contributed by atoms with E-state index in [1.165, 1.54) is 26.1 Å². The Hall–Kier alpha value is -3.59. The Balaban J connectivity index is 1.63. The van der Waals surface area contributed by atoms with Gasteiger partial charge in [-0.2, -0.15) is 10.2 Å². The molecule has 0 radical (unpaired) electrons. The van der Waals surface area contributed by atoms with Crippen LogP contribution in [0.4, 0.5) is 15.8 Å². The summed E-state index contributed by atoms with van der Waals surface area (Å²) < 4.78 is 25.5. The van der Waals surface area contributed by atoms with Gasteiger partial charge in [-0.3, -0.25) is 4.79 Å². The summed E-state index contributed by atoms with van der Waals surface area (Å²) in [6.07, 6.45) is 3.11. The van der Waals surface area contributed by atoms with Gasteiger partial charge in [0.2, 0.25) is 5.88 Å². The van der Waals surface area contributed by atoms with Gasteiger partial charge < -0.3 is 19.7 Å². The third-order valence-corrected chi connectivity index (χ3v) is 5.80. The average molecular weight is 480 g/mol. The Morgan fingerprint density at radius 2 is 1.97 bits per heavy atom. The van der Waals surface area contributed by atoms with E-state index in [1.807, 2.05) is 32.0 Å². The topological polar surface area (TPSA) is 89.5 Å². The number of benzene rings is 1. The number of carbonyl (C=O) groups excluding carboxylic acids is 1. The predicted molar refractivity (Wildman–Crippen MR) is 133 cm³/mol. The molecule has 3 heterocycles. The first-order valence-corrected chi connectivity index (χ1v) is 11.7. The molecule has 9 heteroatoms. The lowest BCUT2D eigenvalue weighted by Crippen LogP contribution is -2.36. The molecule has 1 fully saturated rings. The number of alkyl halides is 1. The number of anilines is 2. The lowest BCUT2D eigenvalue weighted by molar-refractivity contribution is 0.102. The van der Waals surface area contributed by atoms with Gasteiger partial charge in [0, 0.05) is 30.5 Å². The molecule has 1 N–H and O–H groups in total. The van der Waals surface area contributed by atoms with Crippen LogP contribution in [0.15, 0.2) is 42.7 Å². The maximum absolute atomic E-state index is 14.3. The third-order valence-electron chi connectivity index (χ3n) is 5.80. The molecule has 1 saturated heterocycles. The highest BCUT2D eigenvalue weighted by atomic mass is 19.1. The Bertz CT molecular complexity index is 1210. The van der Waals surface area contributed by atoms with Crippen molar-refractivity contribution in [2.45, 2.75) is 33.4 Å². The molecule has 2 aromatic heterocycles. The fourth-order valence-corrected chi connectivity index (χ4v) is 3.86. The fourth-order valence-electron chi connectivity index (χ4n) is 3.86. The highest BCUT2D eigenvalue weighted by molar-refractivity contribution is 6.04. The lowest BCUT2D eigenvalue weighted by atomic mass is 10.0. The van der Waals surface area contributed by atoms with Gasteiger partial charge in [0.25, 0.3) is 5.91 Å². The summed E-state index contributed by atoms with van der Waals surface area (Å²) in [4.78, 5) is 19.7. The minimum atomic E-state index is -1.70. The molecule has 1 aliphatic rings. The van der Waals surface area contributed by atoms with Crippen LogP contribution in [0.2, 0.25) is 0 Å². The van der Waals surface area contributed by atoms with Crippen molar-refractivity contribution in [1.29, 1.82) is 0 Å². The zero-order valence-corrected chi connectivity index (χ0v) is 20.5. The van der Waals surface area contributed by atoms with Gasteiger partial charge in [-0.25, -0.2) is 9.37 Å². The minimum absolute atomic E-state index is 0.103. The lowest BCUT2D eigenvalue weighted by Gasteiger charge is -2.30. The molecule has 1 amide bonds. The number of hydrogen-bond donors (Lipinski definition) is 1. The van der Waals surface area contributed by atoms with Gasteiger partial charge in [-0.05, 0) is 63.1 Å². The average Bonchev–Trinajstić information content (AvgIpc) is 2.86. The first-order valence-electron chi connectivity index (χ1n) is 11.7. The number of halogens is 1. The van der Waals surface area contributed by atoms with Crippen LogP contribution in [0.3, 0.4) is 0 Å². The summed E-state index contributed by atoms with van der Waals surface area (Å²) in [6, 6.07) is 9.16. The molecule has 1 aromatic carbocycles. The van der Waals surface area contributed by atoms with Gasteiger partial charge in [0.05, 0.1) is 31.6 Å². The van der Waals surface area contributed by atoms with E-state index in [0.29, 0.717) is 31.4 Å². The summed E-state index contributed by atoms with van der Waals surface area (Å²) in [5.74, 6) is 0.205. The van der Waals surface area contributed by atoms with E-state index in [2.05, 4.69) is 31.5 Å². The zero-order chi connectivity index (χ0) is 25.0. The van der Waals surface area contributed by atoms with E-state index in [4.69, 9.17) is 9.47 Å². The maximum Gasteiger partial charge on any atom is 0.257 e. The Morgan fingerprint density at radius 3 is 2.69 bits per heavy atom. The SMILES string of the molecule is CCOc1ncc(-c2cc(NC(=O)c3cnnc(C(C)(C)F)c3)ccc2C)cc1N1CCOCC1. The summed E-state index contributed by atoms with van der Waals surface area (Å²) in [5.41, 5.74) is 3.06. The number of amides is 1. The number of nitrogens with one attached hydrogen (secondary N) is 1. The van der Waals surface area contributed by atoms with Crippen LogP contribution in [0, 0.1) is 6.92 Å². The van der Waals surface area contributed by atoms with Crippen molar-refractivity contribution < 1.29 is 18.7 Å². The van der Waals surface area contributed by atoms with Crippen LogP contribution < -0.4 is 15.0 Å². The van der Waals surface area contributed by atoms with Crippen LogP contribution in [0.25, 0.3) is 11.1 Å². The molecule has 184 valence electrons. The summed E-state index contributed by atoms with van der Waals surface area (Å²) in [6.45, 7) is 10.1. The van der Waals surface area contributed by atoms with Crippen molar-refractivity contribution in [1.82, 2.24) is 15.2 Å². The van der Waals surface area contributed by atoms with Crippen molar-refractivity contribution in [3.8, 4) is 17.0 Å². The van der Waals surface area contributed by atoms with E-state index in [0.717, 1.165) is 35.5 Å². The van der Waals surface area contributed by atoms with Crippen molar-refractivity contribution in [3.63, 3.8) is 0 Å². The van der Waals surface area contributed by atoms with Crippen molar-refractivity contribution >= 4 is 17.3 Å². The third kappa shape index (κ3) is 5.74. The molecule has 0 bridgehead atoms. The van der Waals surface area contributed by atoms with Crippen LogP contribution in [-0.2, 0) is 10.4 Å². The number of pyridine rings is 1. The number of ether oxygens (including phenoxy) is 2. The molecule has 0 spiro atoms. The van der Waals surface area contributed by atoms with Crippen LogP contribution in [0.1, 0.15) is 42.4 Å². The molecule has 35 heavy (non-hydrogen) atoms. The second-order valence-corrected chi connectivity index (χ2v) is 8.87. The van der Waals surface area contributed by atoms with Crippen molar-refractivity contribution in [2.75, 3.05) is 43.1 Å². The highest BCUT2D eigenvalue weighted by Gasteiger charge is 2.23. The highest BCUT2D eigenvalue weighted by Crippen LogP contribution is 2.34. The number of carbonyl (C=O) groups is 1. The molecule has 0 saturated carbocycles. The van der Waals surface area contributed by atoms with Crippen LogP contribution in [-0.4, -0.2) is 54.0 Å². The summed E-state index contributed by atoms with van der Waals surface area (Å²) >= 11 is 0. The first kappa shape index (κ1) is 24.5. The molecule has 0 atom stereocenters. The zero-order valence-electron chi connectivity index (χ0n) is 20.5. The number of hydrogen-bond acceptors (Lipinski definition) is 7. The Labute approximate surface area is 204 Å². The molecular weight excluding hydrogens is 449 g/mol. The van der Waals surface area contributed by atoms with Gasteiger partial charge in [0.1, 0.15) is 17.1 Å². The molecular formula is C26H30FN5O3. The van der Waals surface area contributed by atoms with E-state index < -0.39 is 5.67 Å². The Morgan fingerprint density at radius 1 is 1.20 bits per heavy atom. The predicted octanol–water partition coefficient (Wildman–Crippen LogP) is 4.54. The van der Waals surface area contributed by atoms with Gasteiger partial charge >= 0.3 is 0 Å². The molecule has 4 rings (SSSR count). The number of aryl methyl sites for hydroxylation is 1. The maximum atomic E-state index is 14.3. The number of nitrogens with zero attached hydrogens (tertiary/aromatic N) is 4. The van der Waals surface area contributed by atoms with E-state index >= 15 is 0 Å². The van der Waals surface area contributed by atoms with E-state index in [1.54, 1.807) is 6.20 Å². The molecule has 8 nitrogen and oxygen atoms in total. The molecule has 0 unspecified atom stereocenters. The second-order valence-electron chi connectivity index (χ2n) is 8.87. The smallest absolute Gasteiger partial charge is 0.257 e. The minimum Gasteiger partial charge on any atom is -0.476 e. The quantitative estimate of drug-likeness (QED) is 0.532. The van der Waals surface area contributed by atoms with Crippen LogP contribution in [0.5, 0.6) is 5.88 Å². The summed E-state index contributed by atoms with van der Waals surface area (Å²) in [5, 5.41) is 10.5.